The average molecular weight is 432 g/mol. The van der Waals surface area contributed by atoms with E-state index in [1.807, 2.05) is 13.8 Å². The Morgan fingerprint density at radius 1 is 1.06 bits per heavy atom. The molecule has 9 heteroatoms. The highest BCUT2D eigenvalue weighted by Crippen LogP contribution is 2.32. The van der Waals surface area contributed by atoms with E-state index >= 15 is 0 Å². The van der Waals surface area contributed by atoms with Crippen LogP contribution in [-0.4, -0.2) is 26.8 Å². The lowest BCUT2D eigenvalue weighted by Crippen LogP contribution is -2.17. The second-order valence-electron chi connectivity index (χ2n) is 7.57. The third-order valence-corrected chi connectivity index (χ3v) is 4.28. The molecule has 0 saturated carbocycles. The van der Waals surface area contributed by atoms with E-state index in [1.54, 1.807) is 38.1 Å². The van der Waals surface area contributed by atoms with E-state index < -0.39 is 11.7 Å². The van der Waals surface area contributed by atoms with Gasteiger partial charge in [-0.3, -0.25) is 4.79 Å². The van der Waals surface area contributed by atoms with Gasteiger partial charge in [-0.15, -0.1) is 5.10 Å². The van der Waals surface area contributed by atoms with E-state index in [0.29, 0.717) is 22.8 Å². The molecule has 0 unspecified atom stereocenters. The maximum atomic E-state index is 12.9. The number of aromatic nitrogens is 3. The normalized spacial score (nSPS) is 11.8. The first kappa shape index (κ1) is 22.3. The van der Waals surface area contributed by atoms with E-state index in [9.17, 15) is 18.0 Å². The smallest absolute Gasteiger partial charge is 0.416 e. The zero-order chi connectivity index (χ0) is 22.8. The van der Waals surface area contributed by atoms with Gasteiger partial charge < -0.3 is 10.1 Å². The molecule has 3 rings (SSSR count). The van der Waals surface area contributed by atoms with Crippen LogP contribution in [0.3, 0.4) is 0 Å². The number of nitrogens with zero attached hydrogens (tertiary/aromatic N) is 3. The molecule has 0 aliphatic carbocycles. The molecule has 164 valence electrons. The Labute approximate surface area is 178 Å². The van der Waals surface area contributed by atoms with Gasteiger partial charge in [-0.05, 0) is 44.2 Å². The van der Waals surface area contributed by atoms with E-state index in [-0.39, 0.29) is 23.9 Å². The Morgan fingerprint density at radius 2 is 1.74 bits per heavy atom. The molecule has 1 heterocycles. The van der Waals surface area contributed by atoms with E-state index in [1.165, 1.54) is 16.8 Å². The zero-order valence-corrected chi connectivity index (χ0v) is 17.6. The van der Waals surface area contributed by atoms with Gasteiger partial charge >= 0.3 is 12.2 Å². The summed E-state index contributed by atoms with van der Waals surface area (Å²) in [7, 11) is 0. The molecule has 2 aromatic carbocycles. The summed E-state index contributed by atoms with van der Waals surface area (Å²) in [6.07, 6.45) is -4.62. The van der Waals surface area contributed by atoms with Crippen LogP contribution >= 0.6 is 0 Å². The SMILES string of the molecule is CC(C)Oc1nc(-c2ccc(C(F)(F)F)cc2)n(-c2cccc(NC(=O)C(C)C)c2)n1. The molecule has 0 radical (unpaired) electrons. The van der Waals surface area contributed by atoms with E-state index in [4.69, 9.17) is 4.74 Å². The maximum absolute atomic E-state index is 12.9. The molecule has 0 aliphatic heterocycles. The minimum Gasteiger partial charge on any atom is -0.460 e. The molecule has 0 bridgehead atoms. The summed E-state index contributed by atoms with van der Waals surface area (Å²) in [5, 5.41) is 7.19. The first-order valence-corrected chi connectivity index (χ1v) is 9.77. The third-order valence-electron chi connectivity index (χ3n) is 4.28. The molecule has 1 N–H and O–H groups in total. The average Bonchev–Trinajstić information content (AvgIpc) is 3.10. The number of hydrogen-bond donors (Lipinski definition) is 1. The quantitative estimate of drug-likeness (QED) is 0.571. The largest absolute Gasteiger partial charge is 0.460 e. The van der Waals surface area contributed by atoms with Gasteiger partial charge in [-0.2, -0.15) is 18.2 Å². The Balaban J connectivity index is 2.04. The van der Waals surface area contributed by atoms with Crippen molar-refractivity contribution in [3.05, 3.63) is 54.1 Å². The van der Waals surface area contributed by atoms with Crippen LogP contribution in [0.2, 0.25) is 0 Å². The van der Waals surface area contributed by atoms with Gasteiger partial charge in [0.05, 0.1) is 17.4 Å². The molecule has 1 aromatic heterocycles. The van der Waals surface area contributed by atoms with Gasteiger partial charge in [0.25, 0.3) is 0 Å². The van der Waals surface area contributed by atoms with Crippen molar-refractivity contribution in [2.45, 2.75) is 40.0 Å². The number of nitrogens with one attached hydrogen (secondary N) is 1. The monoisotopic (exact) mass is 432 g/mol. The van der Waals surface area contributed by atoms with Crippen LogP contribution in [0.1, 0.15) is 33.3 Å². The van der Waals surface area contributed by atoms with Gasteiger partial charge in [-0.1, -0.05) is 32.0 Å². The Bertz CT molecular complexity index is 1060. The fourth-order valence-corrected chi connectivity index (χ4v) is 2.73. The predicted molar refractivity (Wildman–Crippen MR) is 111 cm³/mol. The Kier molecular flexibility index (Phi) is 6.33. The standard InChI is InChI=1S/C22H23F3N4O2/c1-13(2)20(30)26-17-6-5-7-18(12-17)29-19(27-21(28-29)31-14(3)4)15-8-10-16(11-9-15)22(23,24)25/h5-14H,1-4H3,(H,26,30). The van der Waals surface area contributed by atoms with Gasteiger partial charge in [0.15, 0.2) is 5.82 Å². The molecule has 1 amide bonds. The fraction of sp³-hybridized carbons (Fsp3) is 0.318. The van der Waals surface area contributed by atoms with Crippen molar-refractivity contribution >= 4 is 11.6 Å². The molecule has 0 fully saturated rings. The Hall–Kier alpha value is -3.36. The number of benzene rings is 2. The minimum absolute atomic E-state index is 0.0986. The molecule has 0 saturated heterocycles. The number of halogens is 3. The van der Waals surface area contributed by atoms with E-state index in [0.717, 1.165) is 12.1 Å². The van der Waals surface area contributed by atoms with Gasteiger partial charge in [-0.25, -0.2) is 4.68 Å². The van der Waals surface area contributed by atoms with Crippen molar-refractivity contribution < 1.29 is 22.7 Å². The van der Waals surface area contributed by atoms with Crippen molar-refractivity contribution in [2.24, 2.45) is 5.92 Å². The Morgan fingerprint density at radius 3 is 2.32 bits per heavy atom. The lowest BCUT2D eigenvalue weighted by molar-refractivity contribution is -0.137. The minimum atomic E-state index is -4.43. The topological polar surface area (TPSA) is 69.0 Å². The summed E-state index contributed by atoms with van der Waals surface area (Å²) in [5.74, 6) is -0.0111. The van der Waals surface area contributed by atoms with E-state index in [2.05, 4.69) is 15.4 Å². The molecule has 0 spiro atoms. The summed E-state index contributed by atoms with van der Waals surface area (Å²) in [6.45, 7) is 7.21. The van der Waals surface area contributed by atoms with Crippen LogP contribution in [0.15, 0.2) is 48.5 Å². The number of amides is 1. The molecular formula is C22H23F3N4O2. The van der Waals surface area contributed by atoms with Crippen molar-refractivity contribution in [2.75, 3.05) is 5.32 Å². The summed E-state index contributed by atoms with van der Waals surface area (Å²) < 4.78 is 45.9. The van der Waals surface area contributed by atoms with Gasteiger partial charge in [0.2, 0.25) is 5.91 Å². The number of ether oxygens (including phenoxy) is 1. The first-order chi connectivity index (χ1) is 14.5. The molecule has 3 aromatic rings. The van der Waals surface area contributed by atoms with Crippen molar-refractivity contribution in [3.8, 4) is 23.1 Å². The molecular weight excluding hydrogens is 409 g/mol. The summed E-state index contributed by atoms with van der Waals surface area (Å²) in [4.78, 5) is 16.4. The summed E-state index contributed by atoms with van der Waals surface area (Å²) in [5.41, 5.74) is 0.828. The van der Waals surface area contributed by atoms with Crippen LogP contribution in [0.5, 0.6) is 6.01 Å². The highest BCUT2D eigenvalue weighted by molar-refractivity contribution is 5.92. The van der Waals surface area contributed by atoms with Crippen LogP contribution in [0, 0.1) is 5.92 Å². The second-order valence-corrected chi connectivity index (χ2v) is 7.57. The first-order valence-electron chi connectivity index (χ1n) is 9.77. The number of rotatable bonds is 6. The summed E-state index contributed by atoms with van der Waals surface area (Å²) >= 11 is 0. The number of carbonyl (C=O) groups excluding carboxylic acids is 1. The lowest BCUT2D eigenvalue weighted by atomic mass is 10.1. The van der Waals surface area contributed by atoms with Gasteiger partial charge in [0.1, 0.15) is 0 Å². The van der Waals surface area contributed by atoms with Crippen LogP contribution < -0.4 is 10.1 Å². The number of carbonyl (C=O) groups is 1. The van der Waals surface area contributed by atoms with Crippen LogP contribution in [-0.2, 0) is 11.0 Å². The van der Waals surface area contributed by atoms with Gasteiger partial charge in [0, 0.05) is 17.2 Å². The lowest BCUT2D eigenvalue weighted by Gasteiger charge is -2.11. The van der Waals surface area contributed by atoms with Crippen molar-refractivity contribution in [3.63, 3.8) is 0 Å². The molecule has 0 aliphatic rings. The third kappa shape index (κ3) is 5.42. The zero-order valence-electron chi connectivity index (χ0n) is 17.6. The van der Waals surface area contributed by atoms with Crippen molar-refractivity contribution in [1.29, 1.82) is 0 Å². The highest BCUT2D eigenvalue weighted by Gasteiger charge is 2.30. The summed E-state index contributed by atoms with van der Waals surface area (Å²) in [6, 6.07) is 11.7. The van der Waals surface area contributed by atoms with Crippen LogP contribution in [0.25, 0.3) is 17.1 Å². The molecule has 31 heavy (non-hydrogen) atoms. The number of hydrogen-bond acceptors (Lipinski definition) is 4. The molecule has 6 nitrogen and oxygen atoms in total. The number of anilines is 1. The predicted octanol–water partition coefficient (Wildman–Crippen LogP) is 5.33. The maximum Gasteiger partial charge on any atom is 0.416 e. The molecule has 0 atom stereocenters. The fourth-order valence-electron chi connectivity index (χ4n) is 2.73. The highest BCUT2D eigenvalue weighted by atomic mass is 19.4. The second kappa shape index (κ2) is 8.79. The van der Waals surface area contributed by atoms with Crippen LogP contribution in [0.4, 0.5) is 18.9 Å². The van der Waals surface area contributed by atoms with Crippen molar-refractivity contribution in [1.82, 2.24) is 14.8 Å². The number of alkyl halides is 3.